The SMILES string of the molecule is CC(C)C(C(=O)Nc1ccc(C(=O)NCC(N)=O)cc1)N1CCCC1=O. The molecule has 1 atom stereocenters. The monoisotopic (exact) mass is 360 g/mol. The molecular formula is C18H24N4O4. The van der Waals surface area contributed by atoms with Crippen LogP contribution in [0, 0.1) is 5.92 Å². The Kier molecular flexibility index (Phi) is 6.32. The molecule has 0 bridgehead atoms. The maximum absolute atomic E-state index is 12.6. The molecule has 0 aliphatic carbocycles. The van der Waals surface area contributed by atoms with Crippen molar-refractivity contribution in [2.75, 3.05) is 18.4 Å². The minimum atomic E-state index is -0.626. The van der Waals surface area contributed by atoms with Gasteiger partial charge in [-0.05, 0) is 36.6 Å². The number of hydrogen-bond donors (Lipinski definition) is 3. The summed E-state index contributed by atoms with van der Waals surface area (Å²) >= 11 is 0. The summed E-state index contributed by atoms with van der Waals surface area (Å²) in [5.41, 5.74) is 5.86. The van der Waals surface area contributed by atoms with Crippen LogP contribution in [-0.4, -0.2) is 47.7 Å². The summed E-state index contributed by atoms with van der Waals surface area (Å²) in [6.07, 6.45) is 1.25. The van der Waals surface area contributed by atoms with E-state index in [0.717, 1.165) is 6.42 Å². The van der Waals surface area contributed by atoms with Gasteiger partial charge in [0.2, 0.25) is 17.7 Å². The molecule has 1 unspecified atom stereocenters. The molecule has 8 nitrogen and oxygen atoms in total. The van der Waals surface area contributed by atoms with Crippen molar-refractivity contribution >= 4 is 29.3 Å². The van der Waals surface area contributed by atoms with Gasteiger partial charge in [0.05, 0.1) is 6.54 Å². The molecule has 0 aromatic heterocycles. The largest absolute Gasteiger partial charge is 0.368 e. The van der Waals surface area contributed by atoms with Crippen molar-refractivity contribution in [3.63, 3.8) is 0 Å². The van der Waals surface area contributed by atoms with Crippen LogP contribution >= 0.6 is 0 Å². The summed E-state index contributed by atoms with van der Waals surface area (Å²) in [6, 6.07) is 5.75. The minimum absolute atomic E-state index is 0.000296. The van der Waals surface area contributed by atoms with Crippen LogP contribution in [0.2, 0.25) is 0 Å². The molecule has 8 heteroatoms. The minimum Gasteiger partial charge on any atom is -0.368 e. The first kappa shape index (κ1) is 19.4. The van der Waals surface area contributed by atoms with Crippen molar-refractivity contribution in [1.82, 2.24) is 10.2 Å². The van der Waals surface area contributed by atoms with Gasteiger partial charge >= 0.3 is 0 Å². The molecule has 2 rings (SSSR count). The normalized spacial score (nSPS) is 15.0. The standard InChI is InChI=1S/C18H24N4O4/c1-11(2)16(22-9-3-4-15(22)24)18(26)21-13-7-5-12(6-8-13)17(25)20-10-14(19)23/h5-8,11,16H,3-4,9-10H2,1-2H3,(H2,19,23)(H,20,25)(H,21,26). The van der Waals surface area contributed by atoms with Gasteiger partial charge < -0.3 is 21.3 Å². The zero-order valence-corrected chi connectivity index (χ0v) is 15.0. The number of hydrogen-bond acceptors (Lipinski definition) is 4. The summed E-state index contributed by atoms with van der Waals surface area (Å²) in [4.78, 5) is 48.8. The molecule has 0 saturated carbocycles. The van der Waals surface area contributed by atoms with Crippen molar-refractivity contribution in [1.29, 1.82) is 0 Å². The maximum atomic E-state index is 12.6. The third-order valence-electron chi connectivity index (χ3n) is 4.18. The summed E-state index contributed by atoms with van der Waals surface area (Å²) < 4.78 is 0. The van der Waals surface area contributed by atoms with Gasteiger partial charge in [-0.2, -0.15) is 0 Å². The van der Waals surface area contributed by atoms with Gasteiger partial charge in [-0.25, -0.2) is 0 Å². The van der Waals surface area contributed by atoms with E-state index in [1.165, 1.54) is 12.1 Å². The van der Waals surface area contributed by atoms with Crippen molar-refractivity contribution in [3.8, 4) is 0 Å². The molecule has 140 valence electrons. The smallest absolute Gasteiger partial charge is 0.251 e. The van der Waals surface area contributed by atoms with Crippen LogP contribution in [0.4, 0.5) is 5.69 Å². The maximum Gasteiger partial charge on any atom is 0.251 e. The van der Waals surface area contributed by atoms with Crippen molar-refractivity contribution < 1.29 is 19.2 Å². The molecule has 1 heterocycles. The third-order valence-corrected chi connectivity index (χ3v) is 4.18. The van der Waals surface area contributed by atoms with E-state index < -0.39 is 17.9 Å². The summed E-state index contributed by atoms with van der Waals surface area (Å²) in [5, 5.41) is 5.19. The van der Waals surface area contributed by atoms with E-state index in [9.17, 15) is 19.2 Å². The number of carbonyl (C=O) groups excluding carboxylic acids is 4. The van der Waals surface area contributed by atoms with Gasteiger partial charge in [0.15, 0.2) is 0 Å². The molecule has 4 N–H and O–H groups in total. The highest BCUT2D eigenvalue weighted by atomic mass is 16.2. The second-order valence-corrected chi connectivity index (χ2v) is 6.60. The molecule has 26 heavy (non-hydrogen) atoms. The number of nitrogens with zero attached hydrogens (tertiary/aromatic N) is 1. The number of likely N-dealkylation sites (tertiary alicyclic amines) is 1. The van der Waals surface area contributed by atoms with E-state index in [4.69, 9.17) is 5.73 Å². The highest BCUT2D eigenvalue weighted by Crippen LogP contribution is 2.21. The predicted octanol–water partition coefficient (Wildman–Crippen LogP) is 0.487. The van der Waals surface area contributed by atoms with Crippen molar-refractivity contribution in [3.05, 3.63) is 29.8 Å². The highest BCUT2D eigenvalue weighted by molar-refractivity contribution is 5.99. The molecule has 1 aromatic carbocycles. The highest BCUT2D eigenvalue weighted by Gasteiger charge is 2.34. The van der Waals surface area contributed by atoms with Crippen LogP contribution in [0.15, 0.2) is 24.3 Å². The van der Waals surface area contributed by atoms with Gasteiger partial charge in [-0.1, -0.05) is 13.8 Å². The lowest BCUT2D eigenvalue weighted by Crippen LogP contribution is -2.47. The van der Waals surface area contributed by atoms with Gasteiger partial charge in [0.1, 0.15) is 6.04 Å². The molecule has 0 spiro atoms. The van der Waals surface area contributed by atoms with E-state index in [-0.39, 0.29) is 24.3 Å². The van der Waals surface area contributed by atoms with Gasteiger partial charge in [0, 0.05) is 24.2 Å². The Morgan fingerprint density at radius 1 is 1.19 bits per heavy atom. The van der Waals surface area contributed by atoms with E-state index in [2.05, 4.69) is 10.6 Å². The molecule has 1 aliphatic rings. The Morgan fingerprint density at radius 2 is 1.85 bits per heavy atom. The number of primary amides is 1. The summed E-state index contributed by atoms with van der Waals surface area (Å²) in [5.74, 6) is -1.32. The van der Waals surface area contributed by atoms with Crippen molar-refractivity contribution in [2.24, 2.45) is 11.7 Å². The fraction of sp³-hybridized carbons (Fsp3) is 0.444. The second kappa shape index (κ2) is 8.46. The lowest BCUT2D eigenvalue weighted by atomic mass is 10.0. The molecule has 1 saturated heterocycles. The van der Waals surface area contributed by atoms with E-state index in [0.29, 0.717) is 24.2 Å². The number of rotatable bonds is 7. The average Bonchev–Trinajstić information content (AvgIpc) is 2.99. The molecular weight excluding hydrogens is 336 g/mol. The van der Waals surface area contributed by atoms with Gasteiger partial charge in [0.25, 0.3) is 5.91 Å². The molecule has 4 amide bonds. The second-order valence-electron chi connectivity index (χ2n) is 6.60. The number of nitrogens with one attached hydrogen (secondary N) is 2. The van der Waals surface area contributed by atoms with E-state index in [1.807, 2.05) is 13.8 Å². The number of amides is 4. The fourth-order valence-corrected chi connectivity index (χ4v) is 2.96. The predicted molar refractivity (Wildman–Crippen MR) is 96.2 cm³/mol. The molecule has 1 aromatic rings. The zero-order chi connectivity index (χ0) is 19.3. The number of nitrogens with two attached hydrogens (primary N) is 1. The molecule has 1 aliphatic heterocycles. The summed E-state index contributed by atoms with van der Waals surface area (Å²) in [7, 11) is 0. The Morgan fingerprint density at radius 3 is 2.35 bits per heavy atom. The number of anilines is 1. The average molecular weight is 360 g/mol. The van der Waals surface area contributed by atoms with Crippen LogP contribution in [0.1, 0.15) is 37.0 Å². The lowest BCUT2D eigenvalue weighted by Gasteiger charge is -2.29. The zero-order valence-electron chi connectivity index (χ0n) is 15.0. The first-order valence-electron chi connectivity index (χ1n) is 8.56. The fourth-order valence-electron chi connectivity index (χ4n) is 2.96. The first-order chi connectivity index (χ1) is 12.3. The molecule has 1 fully saturated rings. The number of benzene rings is 1. The lowest BCUT2D eigenvalue weighted by molar-refractivity contribution is -0.136. The topological polar surface area (TPSA) is 122 Å². The van der Waals surface area contributed by atoms with Crippen LogP contribution in [0.3, 0.4) is 0 Å². The van der Waals surface area contributed by atoms with Crippen LogP contribution in [0.25, 0.3) is 0 Å². The van der Waals surface area contributed by atoms with Crippen LogP contribution < -0.4 is 16.4 Å². The van der Waals surface area contributed by atoms with E-state index in [1.54, 1.807) is 17.0 Å². The van der Waals surface area contributed by atoms with E-state index >= 15 is 0 Å². The first-order valence-corrected chi connectivity index (χ1v) is 8.56. The van der Waals surface area contributed by atoms with Crippen molar-refractivity contribution in [2.45, 2.75) is 32.7 Å². The van der Waals surface area contributed by atoms with Crippen LogP contribution in [-0.2, 0) is 14.4 Å². The van der Waals surface area contributed by atoms with Gasteiger partial charge in [-0.3, -0.25) is 19.2 Å². The van der Waals surface area contributed by atoms with Crippen LogP contribution in [0.5, 0.6) is 0 Å². The third kappa shape index (κ3) is 4.81. The Bertz CT molecular complexity index is 700. The number of carbonyl (C=O) groups is 4. The summed E-state index contributed by atoms with van der Waals surface area (Å²) in [6.45, 7) is 4.16. The quantitative estimate of drug-likeness (QED) is 0.655. The Balaban J connectivity index is 2.02. The Hall–Kier alpha value is -2.90. The Labute approximate surface area is 152 Å². The molecule has 0 radical (unpaired) electrons. The van der Waals surface area contributed by atoms with Gasteiger partial charge in [-0.15, -0.1) is 0 Å².